The van der Waals surface area contributed by atoms with E-state index in [0.717, 1.165) is 6.54 Å². The van der Waals surface area contributed by atoms with Crippen LogP contribution < -0.4 is 15.4 Å². The van der Waals surface area contributed by atoms with E-state index >= 15 is 0 Å². The minimum atomic E-state index is -1.00. The third kappa shape index (κ3) is 16.9. The van der Waals surface area contributed by atoms with Crippen LogP contribution >= 0.6 is 0 Å². The highest BCUT2D eigenvalue weighted by atomic mass is 16.6. The van der Waals surface area contributed by atoms with E-state index in [1.165, 1.54) is 19.2 Å². The predicted octanol–water partition coefficient (Wildman–Crippen LogP) is 2.41. The minimum absolute atomic E-state index is 0.115. The van der Waals surface area contributed by atoms with Crippen LogP contribution in [-0.2, 0) is 9.47 Å². The molecule has 0 aliphatic rings. The smallest absolute Gasteiger partial charge is 0.155 e. The number of hydrogen-bond donors (Lipinski definition) is 5. The molecular weight excluding hydrogens is 400 g/mol. The zero-order valence-corrected chi connectivity index (χ0v) is 21.0. The summed E-state index contributed by atoms with van der Waals surface area (Å²) >= 11 is 0. The molecule has 1 aromatic rings. The van der Waals surface area contributed by atoms with Gasteiger partial charge in [0.25, 0.3) is 0 Å². The second-order valence-corrected chi connectivity index (χ2v) is 5.91. The Balaban J connectivity index is -0.000000855. The van der Waals surface area contributed by atoms with Crippen molar-refractivity contribution in [1.29, 1.82) is 0 Å². The highest BCUT2D eigenvalue weighted by Crippen LogP contribution is 2.21. The highest BCUT2D eigenvalue weighted by Gasteiger charge is 2.34. The average molecular weight is 449 g/mol. The van der Waals surface area contributed by atoms with Crippen molar-refractivity contribution >= 4 is 0 Å². The Morgan fingerprint density at radius 3 is 1.90 bits per heavy atom. The van der Waals surface area contributed by atoms with Crippen molar-refractivity contribution < 1.29 is 29.5 Å². The molecule has 0 saturated heterocycles. The van der Waals surface area contributed by atoms with Crippen LogP contribution in [0.4, 0.5) is 0 Å². The quantitative estimate of drug-likeness (QED) is 0.310. The second-order valence-electron chi connectivity index (χ2n) is 5.91. The lowest BCUT2D eigenvalue weighted by atomic mass is 10.0. The van der Waals surface area contributed by atoms with Crippen LogP contribution in [0.5, 0.6) is 11.5 Å². The van der Waals surface area contributed by atoms with E-state index in [2.05, 4.69) is 17.6 Å². The van der Waals surface area contributed by atoms with Crippen LogP contribution in [0.2, 0.25) is 0 Å². The van der Waals surface area contributed by atoms with Gasteiger partial charge in [0.15, 0.2) is 6.10 Å². The fourth-order valence-corrected chi connectivity index (χ4v) is 2.07. The van der Waals surface area contributed by atoms with E-state index in [1.807, 2.05) is 41.8 Å². The van der Waals surface area contributed by atoms with Crippen molar-refractivity contribution in [2.45, 2.75) is 66.0 Å². The number of aliphatic hydroxyl groups is 2. The monoisotopic (exact) mass is 448 g/mol. The molecule has 0 radical (unpaired) electrons. The summed E-state index contributed by atoms with van der Waals surface area (Å²) < 4.78 is 16.5. The number of likely N-dealkylation sites (N-methyl/N-ethyl adjacent to an activating group) is 1. The Kier molecular flexibility index (Phi) is 27.4. The van der Waals surface area contributed by atoms with Crippen molar-refractivity contribution in [2.24, 2.45) is 0 Å². The first-order valence-electron chi connectivity index (χ1n) is 11.1. The van der Waals surface area contributed by atoms with Crippen LogP contribution in [0, 0.1) is 0 Å². The largest absolute Gasteiger partial charge is 0.508 e. The van der Waals surface area contributed by atoms with Gasteiger partial charge >= 0.3 is 0 Å². The summed E-state index contributed by atoms with van der Waals surface area (Å²) in [5.74, 6) is 0.563. The van der Waals surface area contributed by atoms with E-state index in [-0.39, 0.29) is 12.4 Å². The molecule has 0 saturated carbocycles. The summed E-state index contributed by atoms with van der Waals surface area (Å²) in [7, 11) is 5.18. The molecule has 0 aliphatic carbocycles. The lowest BCUT2D eigenvalue weighted by molar-refractivity contribution is -0.124. The molecule has 186 valence electrons. The fourth-order valence-electron chi connectivity index (χ4n) is 2.07. The lowest BCUT2D eigenvalue weighted by Crippen LogP contribution is -2.50. The van der Waals surface area contributed by atoms with Gasteiger partial charge in [-0.15, -0.1) is 0 Å². The third-order valence-corrected chi connectivity index (χ3v) is 3.86. The van der Waals surface area contributed by atoms with Gasteiger partial charge in [-0.3, -0.25) is 0 Å². The molecule has 31 heavy (non-hydrogen) atoms. The summed E-state index contributed by atoms with van der Waals surface area (Å²) in [5.41, 5.74) is 0. The maximum Gasteiger partial charge on any atom is 0.155 e. The Morgan fingerprint density at radius 2 is 1.52 bits per heavy atom. The Labute approximate surface area is 189 Å². The van der Waals surface area contributed by atoms with Crippen LogP contribution in [0.1, 0.15) is 41.5 Å². The molecule has 8 heteroatoms. The molecule has 8 nitrogen and oxygen atoms in total. The van der Waals surface area contributed by atoms with E-state index in [4.69, 9.17) is 14.2 Å². The molecule has 0 bridgehead atoms. The van der Waals surface area contributed by atoms with E-state index in [1.54, 1.807) is 19.1 Å². The van der Waals surface area contributed by atoms with Crippen molar-refractivity contribution in [1.82, 2.24) is 10.6 Å². The van der Waals surface area contributed by atoms with Crippen molar-refractivity contribution in [3.05, 3.63) is 24.3 Å². The molecule has 0 heterocycles. The van der Waals surface area contributed by atoms with Gasteiger partial charge in [-0.05, 0) is 51.8 Å². The number of benzene rings is 1. The van der Waals surface area contributed by atoms with Crippen molar-refractivity contribution in [3.63, 3.8) is 0 Å². The molecule has 4 atom stereocenters. The zero-order valence-electron chi connectivity index (χ0n) is 21.0. The van der Waals surface area contributed by atoms with Crippen molar-refractivity contribution in [3.8, 4) is 11.5 Å². The normalized spacial score (nSPS) is 13.6. The number of ether oxygens (including phenoxy) is 3. The molecule has 0 fully saturated rings. The van der Waals surface area contributed by atoms with E-state index in [9.17, 15) is 15.3 Å². The van der Waals surface area contributed by atoms with Gasteiger partial charge in [0.2, 0.25) is 0 Å². The Bertz CT molecular complexity index is 456. The summed E-state index contributed by atoms with van der Waals surface area (Å²) in [4.78, 5) is 0. The number of aromatic hydroxyl groups is 1. The Morgan fingerprint density at radius 1 is 1.00 bits per heavy atom. The average Bonchev–Trinajstić information content (AvgIpc) is 2.82. The molecular formula is C23H48N2O6. The molecule has 4 unspecified atom stereocenters. The maximum absolute atomic E-state index is 10.5. The standard InChI is InChI=1S/C16H27NO6.C3H9N.2C2H6/c1-11(22-9-8-17-2)15(20)16(14(10-18)21-3)23-13-6-4-12(19)5-7-13;1-3-4-2;2*1-2/h4-7,11,14-20H,8-10H2,1-3H3;4H,3H2,1-2H3;2*1-2H3. The Hall–Kier alpha value is -1.42. The molecule has 5 N–H and O–H groups in total. The van der Waals surface area contributed by atoms with Gasteiger partial charge in [0.1, 0.15) is 23.7 Å². The minimum Gasteiger partial charge on any atom is -0.508 e. The molecule has 1 aromatic carbocycles. The number of phenolic OH excluding ortho intramolecular Hbond substituents is 1. The summed E-state index contributed by atoms with van der Waals surface area (Å²) in [6.07, 6.45) is -3.04. The van der Waals surface area contributed by atoms with Crippen LogP contribution in [-0.4, -0.2) is 87.2 Å². The number of nitrogens with one attached hydrogen (secondary N) is 2. The topological polar surface area (TPSA) is 112 Å². The lowest BCUT2D eigenvalue weighted by Gasteiger charge is -2.32. The highest BCUT2D eigenvalue weighted by molar-refractivity contribution is 5.30. The number of phenols is 1. The summed E-state index contributed by atoms with van der Waals surface area (Å²) in [5, 5.41) is 35.2. The molecule has 1 rings (SSSR count). The SMILES string of the molecule is CC.CC.CCNC.CNCCOC(C)C(O)C(Oc1ccc(O)cc1)C(CO)OC. The van der Waals surface area contributed by atoms with Gasteiger partial charge in [-0.1, -0.05) is 34.6 Å². The molecule has 0 spiro atoms. The summed E-state index contributed by atoms with van der Waals surface area (Å²) in [6.45, 7) is 13.7. The number of hydrogen-bond acceptors (Lipinski definition) is 8. The fraction of sp³-hybridized carbons (Fsp3) is 0.739. The van der Waals surface area contributed by atoms with Crippen LogP contribution in [0.3, 0.4) is 0 Å². The number of methoxy groups -OCH3 is 1. The van der Waals surface area contributed by atoms with Crippen LogP contribution in [0.25, 0.3) is 0 Å². The molecule has 0 amide bonds. The van der Waals surface area contributed by atoms with Crippen molar-refractivity contribution in [2.75, 3.05) is 47.5 Å². The number of rotatable bonds is 12. The second kappa shape index (κ2) is 24.8. The molecule has 0 aromatic heterocycles. The van der Waals surface area contributed by atoms with Crippen LogP contribution in [0.15, 0.2) is 24.3 Å². The first-order chi connectivity index (χ1) is 14.9. The van der Waals surface area contributed by atoms with E-state index < -0.39 is 24.4 Å². The first kappa shape index (κ1) is 34.2. The maximum atomic E-state index is 10.5. The predicted molar refractivity (Wildman–Crippen MR) is 128 cm³/mol. The third-order valence-electron chi connectivity index (χ3n) is 3.86. The van der Waals surface area contributed by atoms with Gasteiger partial charge in [-0.25, -0.2) is 0 Å². The van der Waals surface area contributed by atoms with Gasteiger partial charge in [0.05, 0.1) is 19.3 Å². The first-order valence-corrected chi connectivity index (χ1v) is 11.1. The number of aliphatic hydroxyl groups excluding tert-OH is 2. The van der Waals surface area contributed by atoms with Gasteiger partial charge in [-0.2, -0.15) is 0 Å². The molecule has 0 aliphatic heterocycles. The summed E-state index contributed by atoms with van der Waals surface area (Å²) in [6, 6.07) is 6.11. The zero-order chi connectivity index (χ0) is 24.7. The van der Waals surface area contributed by atoms with E-state index in [0.29, 0.717) is 18.9 Å². The van der Waals surface area contributed by atoms with Gasteiger partial charge < -0.3 is 40.2 Å². The van der Waals surface area contributed by atoms with Gasteiger partial charge in [0, 0.05) is 13.7 Å².